The molecule has 0 unspecified atom stereocenters. The summed E-state index contributed by atoms with van der Waals surface area (Å²) in [6, 6.07) is 7.91. The third-order valence-corrected chi connectivity index (χ3v) is 2.97. The Morgan fingerprint density at radius 1 is 1.26 bits per heavy atom. The number of hydrogen-bond acceptors (Lipinski definition) is 4. The summed E-state index contributed by atoms with van der Waals surface area (Å²) in [5.41, 5.74) is 3.04. The van der Waals surface area contributed by atoms with Crippen LogP contribution >= 0.6 is 0 Å². The van der Waals surface area contributed by atoms with Crippen molar-refractivity contribution in [3.8, 4) is 17.0 Å². The van der Waals surface area contributed by atoms with E-state index in [1.807, 2.05) is 31.2 Å². The first-order valence-electron chi connectivity index (χ1n) is 6.46. The fourth-order valence-electron chi connectivity index (χ4n) is 1.93. The second-order valence-electron chi connectivity index (χ2n) is 4.35. The van der Waals surface area contributed by atoms with Crippen molar-refractivity contribution in [3.05, 3.63) is 36.2 Å². The van der Waals surface area contributed by atoms with E-state index in [9.17, 15) is 0 Å². The molecule has 0 radical (unpaired) electrons. The van der Waals surface area contributed by atoms with E-state index in [2.05, 4.69) is 22.2 Å². The van der Waals surface area contributed by atoms with Crippen LogP contribution in [0.4, 0.5) is 5.82 Å². The van der Waals surface area contributed by atoms with Gasteiger partial charge in [0.15, 0.2) is 0 Å². The van der Waals surface area contributed by atoms with Crippen LogP contribution < -0.4 is 10.1 Å². The smallest absolute Gasteiger partial charge is 0.132 e. The van der Waals surface area contributed by atoms with Gasteiger partial charge in [0.1, 0.15) is 17.9 Å². The van der Waals surface area contributed by atoms with Crippen LogP contribution in [0.2, 0.25) is 0 Å². The molecule has 2 aromatic rings. The quantitative estimate of drug-likeness (QED) is 0.893. The molecule has 0 aliphatic rings. The zero-order chi connectivity index (χ0) is 13.7. The molecule has 2 rings (SSSR count). The van der Waals surface area contributed by atoms with Gasteiger partial charge in [-0.05, 0) is 25.5 Å². The molecule has 1 aromatic heterocycles. The Morgan fingerprint density at radius 3 is 2.84 bits per heavy atom. The van der Waals surface area contributed by atoms with Crippen molar-refractivity contribution in [2.75, 3.05) is 19.0 Å². The van der Waals surface area contributed by atoms with Crippen LogP contribution in [-0.4, -0.2) is 23.6 Å². The Morgan fingerprint density at radius 2 is 2.11 bits per heavy atom. The molecule has 0 aliphatic heterocycles. The summed E-state index contributed by atoms with van der Waals surface area (Å²) >= 11 is 0. The van der Waals surface area contributed by atoms with Crippen molar-refractivity contribution in [2.24, 2.45) is 0 Å². The predicted molar refractivity (Wildman–Crippen MR) is 77.5 cm³/mol. The zero-order valence-electron chi connectivity index (χ0n) is 11.6. The molecule has 0 aliphatic carbocycles. The van der Waals surface area contributed by atoms with E-state index in [1.54, 1.807) is 13.4 Å². The molecule has 0 fully saturated rings. The normalized spacial score (nSPS) is 10.3. The predicted octanol–water partition coefficient (Wildman–Crippen LogP) is 3.28. The van der Waals surface area contributed by atoms with Crippen LogP contribution in [0, 0.1) is 6.92 Å². The Hall–Kier alpha value is -2.10. The Balaban J connectivity index is 2.38. The number of aromatic nitrogens is 2. The molecule has 1 N–H and O–H groups in total. The van der Waals surface area contributed by atoms with Crippen molar-refractivity contribution in [3.63, 3.8) is 0 Å². The molecular weight excluding hydrogens is 238 g/mol. The SMILES string of the molecule is CCCNc1ncnc(-c2cccc(OC)c2)c1C. The first kappa shape index (κ1) is 13.3. The fraction of sp³-hybridized carbons (Fsp3) is 0.333. The fourth-order valence-corrected chi connectivity index (χ4v) is 1.93. The van der Waals surface area contributed by atoms with Crippen LogP contribution in [0.25, 0.3) is 11.3 Å². The molecule has 0 atom stereocenters. The summed E-state index contributed by atoms with van der Waals surface area (Å²) in [6.45, 7) is 5.08. The summed E-state index contributed by atoms with van der Waals surface area (Å²) in [6.07, 6.45) is 2.66. The Kier molecular flexibility index (Phi) is 4.34. The molecule has 1 aromatic carbocycles. The van der Waals surface area contributed by atoms with E-state index in [4.69, 9.17) is 4.74 Å². The van der Waals surface area contributed by atoms with Crippen LogP contribution in [0.3, 0.4) is 0 Å². The van der Waals surface area contributed by atoms with E-state index < -0.39 is 0 Å². The van der Waals surface area contributed by atoms with E-state index in [1.165, 1.54) is 0 Å². The highest BCUT2D eigenvalue weighted by molar-refractivity contribution is 5.68. The Labute approximate surface area is 113 Å². The highest BCUT2D eigenvalue weighted by atomic mass is 16.5. The maximum Gasteiger partial charge on any atom is 0.132 e. The second kappa shape index (κ2) is 6.18. The maximum atomic E-state index is 5.25. The first-order valence-corrected chi connectivity index (χ1v) is 6.46. The van der Waals surface area contributed by atoms with Crippen molar-refractivity contribution < 1.29 is 4.74 Å². The molecule has 0 bridgehead atoms. The van der Waals surface area contributed by atoms with Crippen molar-refractivity contribution in [1.29, 1.82) is 0 Å². The van der Waals surface area contributed by atoms with Gasteiger partial charge < -0.3 is 10.1 Å². The molecular formula is C15H19N3O. The van der Waals surface area contributed by atoms with Crippen LogP contribution in [-0.2, 0) is 0 Å². The van der Waals surface area contributed by atoms with Gasteiger partial charge in [-0.3, -0.25) is 0 Å². The Bertz CT molecular complexity index is 555. The summed E-state index contributed by atoms with van der Waals surface area (Å²) < 4.78 is 5.25. The minimum Gasteiger partial charge on any atom is -0.497 e. The molecule has 4 heteroatoms. The standard InChI is InChI=1S/C15H19N3O/c1-4-8-16-15-11(2)14(17-10-18-15)12-6-5-7-13(9-12)19-3/h5-7,9-10H,4,8H2,1-3H3,(H,16,17,18). The lowest BCUT2D eigenvalue weighted by Crippen LogP contribution is -2.05. The zero-order valence-corrected chi connectivity index (χ0v) is 11.6. The molecule has 0 saturated carbocycles. The van der Waals surface area contributed by atoms with Gasteiger partial charge in [0, 0.05) is 17.7 Å². The summed E-state index contributed by atoms with van der Waals surface area (Å²) in [4.78, 5) is 8.68. The lowest BCUT2D eigenvalue weighted by atomic mass is 10.1. The number of hydrogen-bond donors (Lipinski definition) is 1. The number of methoxy groups -OCH3 is 1. The highest BCUT2D eigenvalue weighted by Crippen LogP contribution is 2.27. The van der Waals surface area contributed by atoms with Gasteiger partial charge in [0.25, 0.3) is 0 Å². The number of benzene rings is 1. The van der Waals surface area contributed by atoms with Crippen molar-refractivity contribution in [1.82, 2.24) is 9.97 Å². The van der Waals surface area contributed by atoms with E-state index in [-0.39, 0.29) is 0 Å². The molecule has 1 heterocycles. The lowest BCUT2D eigenvalue weighted by Gasteiger charge is -2.11. The van der Waals surface area contributed by atoms with Gasteiger partial charge >= 0.3 is 0 Å². The van der Waals surface area contributed by atoms with Gasteiger partial charge in [-0.2, -0.15) is 0 Å². The number of ether oxygens (including phenoxy) is 1. The van der Waals surface area contributed by atoms with Crippen molar-refractivity contribution in [2.45, 2.75) is 20.3 Å². The third-order valence-electron chi connectivity index (χ3n) is 2.97. The van der Waals surface area contributed by atoms with E-state index in [0.29, 0.717) is 0 Å². The molecule has 100 valence electrons. The van der Waals surface area contributed by atoms with Gasteiger partial charge in [0.2, 0.25) is 0 Å². The number of nitrogens with one attached hydrogen (secondary N) is 1. The summed E-state index contributed by atoms with van der Waals surface area (Å²) in [7, 11) is 1.67. The van der Waals surface area contributed by atoms with Gasteiger partial charge in [-0.15, -0.1) is 0 Å². The highest BCUT2D eigenvalue weighted by Gasteiger charge is 2.09. The minimum atomic E-state index is 0.832. The molecule has 19 heavy (non-hydrogen) atoms. The minimum absolute atomic E-state index is 0.832. The lowest BCUT2D eigenvalue weighted by molar-refractivity contribution is 0.415. The van der Waals surface area contributed by atoms with Gasteiger partial charge in [0.05, 0.1) is 12.8 Å². The van der Waals surface area contributed by atoms with Crippen molar-refractivity contribution >= 4 is 5.82 Å². The van der Waals surface area contributed by atoms with Crippen LogP contribution in [0.15, 0.2) is 30.6 Å². The second-order valence-corrected chi connectivity index (χ2v) is 4.35. The molecule has 0 saturated heterocycles. The topological polar surface area (TPSA) is 47.0 Å². The summed E-state index contributed by atoms with van der Waals surface area (Å²) in [5, 5.41) is 3.32. The molecule has 4 nitrogen and oxygen atoms in total. The average Bonchev–Trinajstić information content (AvgIpc) is 2.46. The first-order chi connectivity index (χ1) is 9.26. The number of nitrogens with zero attached hydrogens (tertiary/aromatic N) is 2. The molecule has 0 spiro atoms. The van der Waals surface area contributed by atoms with Crippen LogP contribution in [0.1, 0.15) is 18.9 Å². The van der Waals surface area contributed by atoms with Crippen LogP contribution in [0.5, 0.6) is 5.75 Å². The maximum absolute atomic E-state index is 5.25. The largest absolute Gasteiger partial charge is 0.497 e. The van der Waals surface area contributed by atoms with Gasteiger partial charge in [-0.1, -0.05) is 19.1 Å². The number of anilines is 1. The monoisotopic (exact) mass is 257 g/mol. The third kappa shape index (κ3) is 3.02. The molecule has 0 amide bonds. The average molecular weight is 257 g/mol. The van der Waals surface area contributed by atoms with E-state index >= 15 is 0 Å². The van der Waals surface area contributed by atoms with E-state index in [0.717, 1.165) is 41.4 Å². The van der Waals surface area contributed by atoms with Gasteiger partial charge in [-0.25, -0.2) is 9.97 Å². The summed E-state index contributed by atoms with van der Waals surface area (Å²) in [5.74, 6) is 1.73. The number of rotatable bonds is 5.